The van der Waals surface area contributed by atoms with Crippen LogP contribution in [-0.2, 0) is 6.42 Å². The van der Waals surface area contributed by atoms with Gasteiger partial charge >= 0.3 is 0 Å². The van der Waals surface area contributed by atoms with Crippen molar-refractivity contribution in [1.29, 1.82) is 5.26 Å². The molecule has 1 atom stereocenters. The van der Waals surface area contributed by atoms with Gasteiger partial charge in [-0.15, -0.1) is 11.3 Å². The molecule has 1 aromatic rings. The predicted octanol–water partition coefficient (Wildman–Crippen LogP) is 2.48. The fourth-order valence-corrected chi connectivity index (χ4v) is 2.56. The third-order valence-corrected chi connectivity index (χ3v) is 3.29. The van der Waals surface area contributed by atoms with Crippen molar-refractivity contribution in [1.82, 2.24) is 4.98 Å². The van der Waals surface area contributed by atoms with E-state index in [1.807, 2.05) is 5.51 Å². The van der Waals surface area contributed by atoms with Gasteiger partial charge in [0, 0.05) is 4.88 Å². The Bertz CT molecular complexity index is 311. The number of thiazole rings is 1. The van der Waals surface area contributed by atoms with Crippen LogP contribution < -0.4 is 0 Å². The standard InChI is InChI=1S/C9H10N2S/c10-5-7-3-1-2-4-8-9(7)12-6-11-8/h6-7H,1-4H2/t7-/m0/s1. The van der Waals surface area contributed by atoms with Crippen molar-refractivity contribution in [2.75, 3.05) is 0 Å². The lowest BCUT2D eigenvalue weighted by molar-refractivity contribution is 0.677. The molecule has 0 aromatic carbocycles. The Morgan fingerprint density at radius 1 is 1.58 bits per heavy atom. The molecule has 0 unspecified atom stereocenters. The van der Waals surface area contributed by atoms with Crippen LogP contribution in [0.2, 0.25) is 0 Å². The minimum atomic E-state index is 0.120. The van der Waals surface area contributed by atoms with E-state index in [4.69, 9.17) is 5.26 Å². The lowest BCUT2D eigenvalue weighted by Crippen LogP contribution is -1.92. The van der Waals surface area contributed by atoms with Crippen LogP contribution in [0.5, 0.6) is 0 Å². The summed E-state index contributed by atoms with van der Waals surface area (Å²) in [6, 6.07) is 2.36. The summed E-state index contributed by atoms with van der Waals surface area (Å²) in [4.78, 5) is 5.50. The highest BCUT2D eigenvalue weighted by Crippen LogP contribution is 2.31. The van der Waals surface area contributed by atoms with Gasteiger partial charge in [0.1, 0.15) is 0 Å². The molecule has 3 heteroatoms. The molecule has 0 N–H and O–H groups in total. The molecular formula is C9H10N2S. The molecule has 62 valence electrons. The van der Waals surface area contributed by atoms with Gasteiger partial charge in [-0.3, -0.25) is 0 Å². The maximum atomic E-state index is 8.91. The maximum absolute atomic E-state index is 8.91. The van der Waals surface area contributed by atoms with Crippen molar-refractivity contribution in [3.05, 3.63) is 16.1 Å². The molecule has 12 heavy (non-hydrogen) atoms. The average molecular weight is 178 g/mol. The van der Waals surface area contributed by atoms with E-state index >= 15 is 0 Å². The molecule has 0 fully saturated rings. The molecule has 0 aliphatic heterocycles. The van der Waals surface area contributed by atoms with E-state index in [1.165, 1.54) is 23.4 Å². The monoisotopic (exact) mass is 178 g/mol. The molecule has 0 saturated heterocycles. The topological polar surface area (TPSA) is 36.7 Å². The lowest BCUT2D eigenvalue weighted by Gasteiger charge is -2.01. The van der Waals surface area contributed by atoms with Crippen LogP contribution in [0.25, 0.3) is 0 Å². The van der Waals surface area contributed by atoms with Crippen molar-refractivity contribution < 1.29 is 0 Å². The molecule has 0 amide bonds. The van der Waals surface area contributed by atoms with Gasteiger partial charge in [-0.1, -0.05) is 6.42 Å². The van der Waals surface area contributed by atoms with Crippen LogP contribution in [-0.4, -0.2) is 4.98 Å². The Morgan fingerprint density at radius 2 is 2.50 bits per heavy atom. The van der Waals surface area contributed by atoms with Crippen molar-refractivity contribution >= 4 is 11.3 Å². The predicted molar refractivity (Wildman–Crippen MR) is 48.0 cm³/mol. The Balaban J connectivity index is 2.37. The van der Waals surface area contributed by atoms with Crippen molar-refractivity contribution in [2.45, 2.75) is 31.6 Å². The van der Waals surface area contributed by atoms with E-state index in [-0.39, 0.29) is 5.92 Å². The minimum absolute atomic E-state index is 0.120. The first-order valence-electron chi connectivity index (χ1n) is 4.23. The number of nitrogens with zero attached hydrogens (tertiary/aromatic N) is 2. The zero-order chi connectivity index (χ0) is 8.39. The van der Waals surface area contributed by atoms with Gasteiger partial charge in [0.25, 0.3) is 0 Å². The first-order chi connectivity index (χ1) is 5.92. The highest BCUT2D eigenvalue weighted by Gasteiger charge is 2.20. The van der Waals surface area contributed by atoms with Crippen LogP contribution >= 0.6 is 11.3 Å². The SMILES string of the molecule is N#C[C@@H]1CCCCc2ncsc21. The Hall–Kier alpha value is -0.880. The zero-order valence-electron chi connectivity index (χ0n) is 6.79. The quantitative estimate of drug-likeness (QED) is 0.572. The highest BCUT2D eigenvalue weighted by atomic mass is 32.1. The number of hydrogen-bond acceptors (Lipinski definition) is 3. The highest BCUT2D eigenvalue weighted by molar-refractivity contribution is 7.09. The number of nitriles is 1. The van der Waals surface area contributed by atoms with E-state index in [1.54, 1.807) is 11.3 Å². The molecule has 0 bridgehead atoms. The van der Waals surface area contributed by atoms with Gasteiger partial charge in [0.05, 0.1) is 23.2 Å². The molecule has 1 aromatic heterocycles. The van der Waals surface area contributed by atoms with Crippen molar-refractivity contribution in [3.8, 4) is 6.07 Å². The summed E-state index contributed by atoms with van der Waals surface area (Å²) in [6.45, 7) is 0. The third kappa shape index (κ3) is 1.23. The van der Waals surface area contributed by atoms with Crippen LogP contribution in [0.3, 0.4) is 0 Å². The van der Waals surface area contributed by atoms with Gasteiger partial charge in [0.15, 0.2) is 0 Å². The third-order valence-electron chi connectivity index (χ3n) is 2.30. The van der Waals surface area contributed by atoms with Gasteiger partial charge in [-0.25, -0.2) is 4.98 Å². The van der Waals surface area contributed by atoms with Gasteiger partial charge in [0.2, 0.25) is 0 Å². The molecule has 1 heterocycles. The summed E-state index contributed by atoms with van der Waals surface area (Å²) in [7, 11) is 0. The number of fused-ring (bicyclic) bond motifs is 1. The minimum Gasteiger partial charge on any atom is -0.249 e. The van der Waals surface area contributed by atoms with Crippen LogP contribution in [0.4, 0.5) is 0 Å². The van der Waals surface area contributed by atoms with Gasteiger partial charge < -0.3 is 0 Å². The van der Waals surface area contributed by atoms with E-state index in [2.05, 4.69) is 11.1 Å². The molecule has 2 nitrogen and oxygen atoms in total. The molecule has 0 radical (unpaired) electrons. The molecule has 0 spiro atoms. The Morgan fingerprint density at radius 3 is 3.33 bits per heavy atom. The summed E-state index contributed by atoms with van der Waals surface area (Å²) < 4.78 is 0. The second-order valence-corrected chi connectivity index (χ2v) is 3.98. The molecule has 1 aliphatic carbocycles. The van der Waals surface area contributed by atoms with E-state index in [0.717, 1.165) is 12.8 Å². The fourth-order valence-electron chi connectivity index (χ4n) is 1.64. The maximum Gasteiger partial charge on any atom is 0.0824 e. The summed E-state index contributed by atoms with van der Waals surface area (Å²) in [5.74, 6) is 0.120. The molecular weight excluding hydrogens is 168 g/mol. The summed E-state index contributed by atoms with van der Waals surface area (Å²) in [6.07, 6.45) is 4.44. The van der Waals surface area contributed by atoms with Crippen molar-refractivity contribution in [3.63, 3.8) is 0 Å². The van der Waals surface area contributed by atoms with Crippen LogP contribution in [0.1, 0.15) is 35.8 Å². The number of aryl methyl sites for hydroxylation is 1. The fraction of sp³-hybridized carbons (Fsp3) is 0.556. The summed E-state index contributed by atoms with van der Waals surface area (Å²) >= 11 is 1.64. The largest absolute Gasteiger partial charge is 0.249 e. The van der Waals surface area contributed by atoms with Gasteiger partial charge in [-0.05, 0) is 19.3 Å². The molecule has 2 rings (SSSR count). The smallest absolute Gasteiger partial charge is 0.0824 e. The van der Waals surface area contributed by atoms with E-state index < -0.39 is 0 Å². The first-order valence-corrected chi connectivity index (χ1v) is 5.11. The first kappa shape index (κ1) is 7.75. The second kappa shape index (κ2) is 3.24. The summed E-state index contributed by atoms with van der Waals surface area (Å²) in [5, 5.41) is 8.91. The zero-order valence-corrected chi connectivity index (χ0v) is 7.60. The van der Waals surface area contributed by atoms with Crippen LogP contribution in [0, 0.1) is 11.3 Å². The number of hydrogen-bond donors (Lipinski definition) is 0. The average Bonchev–Trinajstić information content (AvgIpc) is 2.46. The van der Waals surface area contributed by atoms with E-state index in [0.29, 0.717) is 0 Å². The Kier molecular flexibility index (Phi) is 2.09. The lowest BCUT2D eigenvalue weighted by atomic mass is 10.1. The van der Waals surface area contributed by atoms with Gasteiger partial charge in [-0.2, -0.15) is 5.26 Å². The normalized spacial score (nSPS) is 22.4. The van der Waals surface area contributed by atoms with Crippen LogP contribution in [0.15, 0.2) is 5.51 Å². The molecule has 1 aliphatic rings. The Labute approximate surface area is 75.9 Å². The number of aromatic nitrogens is 1. The molecule has 0 saturated carbocycles. The summed E-state index contributed by atoms with van der Waals surface area (Å²) in [5.41, 5.74) is 3.03. The second-order valence-electron chi connectivity index (χ2n) is 3.09. The number of rotatable bonds is 0. The van der Waals surface area contributed by atoms with Crippen molar-refractivity contribution in [2.24, 2.45) is 0 Å². The van der Waals surface area contributed by atoms with E-state index in [9.17, 15) is 0 Å².